The van der Waals surface area contributed by atoms with Gasteiger partial charge in [-0.2, -0.15) is 0 Å². The molecule has 24 heavy (non-hydrogen) atoms. The van der Waals surface area contributed by atoms with Crippen molar-refractivity contribution in [3.05, 3.63) is 0 Å². The van der Waals surface area contributed by atoms with E-state index in [0.717, 1.165) is 0 Å². The molecule has 0 saturated heterocycles. The van der Waals surface area contributed by atoms with Crippen molar-refractivity contribution in [2.45, 2.75) is 39.9 Å². The van der Waals surface area contributed by atoms with Crippen LogP contribution in [0, 0.1) is 0 Å². The number of aliphatic hydroxyl groups is 2. The van der Waals surface area contributed by atoms with Gasteiger partial charge in [0.1, 0.15) is 13.2 Å². The smallest absolute Gasteiger partial charge is 0.303 e. The number of rotatable bonds is 8. The summed E-state index contributed by atoms with van der Waals surface area (Å²) < 4.78 is 18.2. The number of carbonyl (C=O) groups is 4. The van der Waals surface area contributed by atoms with Gasteiger partial charge in [-0.3, -0.25) is 19.2 Å². The molecule has 0 aromatic rings. The van der Waals surface area contributed by atoms with Gasteiger partial charge in [-0.25, -0.2) is 0 Å². The van der Waals surface area contributed by atoms with Crippen LogP contribution in [0.4, 0.5) is 0 Å². The van der Waals surface area contributed by atoms with Crippen molar-refractivity contribution < 1.29 is 48.3 Å². The fourth-order valence-corrected chi connectivity index (χ4v) is 1.14. The second-order valence-corrected chi connectivity index (χ2v) is 4.43. The lowest BCUT2D eigenvalue weighted by molar-refractivity contribution is -0.158. The lowest BCUT2D eigenvalue weighted by atomic mass is 10.4. The van der Waals surface area contributed by atoms with Gasteiger partial charge in [0.05, 0.1) is 13.2 Å². The van der Waals surface area contributed by atoms with Crippen molar-refractivity contribution in [3.63, 3.8) is 0 Å². The van der Waals surface area contributed by atoms with Crippen LogP contribution in [-0.2, 0) is 38.1 Å². The van der Waals surface area contributed by atoms with Crippen molar-refractivity contribution in [1.29, 1.82) is 0 Å². The summed E-state index contributed by atoms with van der Waals surface area (Å²) in [5.41, 5.74) is 0. The molecule has 10 heteroatoms. The number of aliphatic hydroxyl groups excluding tert-OH is 2. The maximum absolute atomic E-state index is 10.4. The molecule has 0 aromatic carbocycles. The van der Waals surface area contributed by atoms with E-state index < -0.39 is 36.1 Å². The summed E-state index contributed by atoms with van der Waals surface area (Å²) in [7, 11) is 0. The van der Waals surface area contributed by atoms with E-state index >= 15 is 0 Å². The summed E-state index contributed by atoms with van der Waals surface area (Å²) in [6.07, 6.45) is -1.52. The molecule has 0 aliphatic rings. The van der Waals surface area contributed by atoms with Gasteiger partial charge in [0.2, 0.25) is 0 Å². The second-order valence-electron chi connectivity index (χ2n) is 4.43. The van der Waals surface area contributed by atoms with Gasteiger partial charge in [0, 0.05) is 27.7 Å². The normalized spacial score (nSPS) is 11.9. The zero-order chi connectivity index (χ0) is 19.1. The summed E-state index contributed by atoms with van der Waals surface area (Å²) in [6.45, 7) is 3.99. The summed E-state index contributed by atoms with van der Waals surface area (Å²) in [5.74, 6) is -1.97. The molecule has 140 valence electrons. The van der Waals surface area contributed by atoms with Gasteiger partial charge in [-0.1, -0.05) is 0 Å². The van der Waals surface area contributed by atoms with Gasteiger partial charge in [-0.05, 0) is 0 Å². The Kier molecular flexibility index (Phi) is 14.4. The van der Waals surface area contributed by atoms with E-state index in [4.69, 9.17) is 10.2 Å². The first kappa shape index (κ1) is 24.1. The van der Waals surface area contributed by atoms with Gasteiger partial charge >= 0.3 is 23.9 Å². The highest BCUT2D eigenvalue weighted by molar-refractivity contribution is 5.67. The van der Waals surface area contributed by atoms with Crippen molar-refractivity contribution in [2.75, 3.05) is 26.4 Å². The van der Waals surface area contributed by atoms with Crippen LogP contribution in [0.3, 0.4) is 0 Å². The fourth-order valence-electron chi connectivity index (χ4n) is 1.14. The summed E-state index contributed by atoms with van der Waals surface area (Å²) in [5, 5.41) is 17.2. The van der Waals surface area contributed by atoms with E-state index in [-0.39, 0.29) is 26.4 Å². The molecule has 0 fully saturated rings. The van der Waals surface area contributed by atoms with Crippen molar-refractivity contribution in [3.8, 4) is 0 Å². The molecule has 0 radical (unpaired) electrons. The Morgan fingerprint density at radius 1 is 0.667 bits per heavy atom. The highest BCUT2D eigenvalue weighted by Gasteiger charge is 2.12. The van der Waals surface area contributed by atoms with E-state index in [1.807, 2.05) is 0 Å². The van der Waals surface area contributed by atoms with Crippen LogP contribution in [0.5, 0.6) is 0 Å². The third kappa shape index (κ3) is 17.9. The Balaban J connectivity index is 0. The molecule has 10 nitrogen and oxygen atoms in total. The van der Waals surface area contributed by atoms with Gasteiger partial charge < -0.3 is 29.2 Å². The highest BCUT2D eigenvalue weighted by atomic mass is 16.6. The topological polar surface area (TPSA) is 146 Å². The van der Waals surface area contributed by atoms with Crippen LogP contribution in [0.2, 0.25) is 0 Å². The first-order chi connectivity index (χ1) is 11.1. The summed E-state index contributed by atoms with van der Waals surface area (Å²) in [6, 6.07) is 0. The molecule has 0 rings (SSSR count). The molecule has 0 bridgehead atoms. The number of hydrogen-bond acceptors (Lipinski definition) is 10. The van der Waals surface area contributed by atoms with E-state index in [0.29, 0.717) is 0 Å². The molecule has 0 aliphatic heterocycles. The lowest BCUT2D eigenvalue weighted by Crippen LogP contribution is -2.26. The maximum atomic E-state index is 10.4. The predicted molar refractivity (Wildman–Crippen MR) is 78.5 cm³/mol. The molecule has 2 atom stereocenters. The van der Waals surface area contributed by atoms with Crippen LogP contribution < -0.4 is 0 Å². The van der Waals surface area contributed by atoms with Crippen molar-refractivity contribution in [2.24, 2.45) is 0 Å². The molecule has 2 N–H and O–H groups in total. The maximum Gasteiger partial charge on any atom is 0.303 e. The monoisotopic (exact) mass is 352 g/mol. The van der Waals surface area contributed by atoms with Crippen LogP contribution >= 0.6 is 0 Å². The van der Waals surface area contributed by atoms with Gasteiger partial charge in [0.15, 0.2) is 12.2 Å². The van der Waals surface area contributed by atoms with Crippen molar-refractivity contribution in [1.82, 2.24) is 0 Å². The van der Waals surface area contributed by atoms with Crippen LogP contribution in [0.15, 0.2) is 0 Å². The van der Waals surface area contributed by atoms with Crippen molar-refractivity contribution >= 4 is 23.9 Å². The first-order valence-corrected chi connectivity index (χ1v) is 6.95. The average Bonchev–Trinajstić information content (AvgIpc) is 2.47. The third-order valence-corrected chi connectivity index (χ3v) is 2.02. The number of hydrogen-bond donors (Lipinski definition) is 2. The minimum Gasteiger partial charge on any atom is -0.462 e. The van der Waals surface area contributed by atoms with Gasteiger partial charge in [-0.15, -0.1) is 0 Å². The number of ether oxygens (including phenoxy) is 4. The van der Waals surface area contributed by atoms with Crippen LogP contribution in [0.25, 0.3) is 0 Å². The number of esters is 4. The summed E-state index contributed by atoms with van der Waals surface area (Å²) in [4.78, 5) is 41.4. The fraction of sp³-hybridized carbons (Fsp3) is 0.714. The average molecular weight is 352 g/mol. The molecular formula is C14H24O10. The zero-order valence-corrected chi connectivity index (χ0v) is 14.1. The standard InChI is InChI=1S/2C7H12O5/c2*1-5(9)11-4-7(3-8)12-6(2)10/h2*7-8H,3-4H2,1-2H3. The first-order valence-electron chi connectivity index (χ1n) is 6.95. The summed E-state index contributed by atoms with van der Waals surface area (Å²) >= 11 is 0. The Labute approximate surface area is 139 Å². The lowest BCUT2D eigenvalue weighted by Gasteiger charge is -2.13. The Bertz CT molecular complexity index is 368. The second kappa shape index (κ2) is 14.4. The molecule has 0 aliphatic carbocycles. The minimum atomic E-state index is -0.758. The Hall–Kier alpha value is -2.20. The third-order valence-electron chi connectivity index (χ3n) is 2.02. The largest absolute Gasteiger partial charge is 0.462 e. The highest BCUT2D eigenvalue weighted by Crippen LogP contribution is 1.94. The molecule has 0 saturated carbocycles. The minimum absolute atomic E-state index is 0.106. The van der Waals surface area contributed by atoms with E-state index in [9.17, 15) is 19.2 Å². The van der Waals surface area contributed by atoms with E-state index in [1.165, 1.54) is 27.7 Å². The van der Waals surface area contributed by atoms with Gasteiger partial charge in [0.25, 0.3) is 0 Å². The SMILES string of the molecule is CC(=O)OCC(CO)OC(C)=O.CC(=O)OCC(CO)OC(C)=O. The molecule has 0 spiro atoms. The molecule has 0 aromatic heterocycles. The number of carbonyl (C=O) groups excluding carboxylic acids is 4. The zero-order valence-electron chi connectivity index (χ0n) is 14.1. The molecule has 2 unspecified atom stereocenters. The molecule has 0 amide bonds. The van der Waals surface area contributed by atoms with E-state index in [2.05, 4.69) is 18.9 Å². The van der Waals surface area contributed by atoms with E-state index in [1.54, 1.807) is 0 Å². The predicted octanol–water partition coefficient (Wildman–Crippen LogP) is -1.05. The Morgan fingerprint density at radius 3 is 1.12 bits per heavy atom. The molecular weight excluding hydrogens is 328 g/mol. The van der Waals surface area contributed by atoms with Crippen LogP contribution in [-0.4, -0.2) is 72.7 Å². The Morgan fingerprint density at radius 2 is 0.958 bits per heavy atom. The van der Waals surface area contributed by atoms with Crippen LogP contribution in [0.1, 0.15) is 27.7 Å². The molecule has 0 heterocycles. The quantitative estimate of drug-likeness (QED) is 0.409.